The molecule has 4 rings (SSSR count). The molecule has 0 spiro atoms. The van der Waals surface area contributed by atoms with E-state index in [1.165, 1.54) is 11.1 Å². The number of rotatable bonds is 3. The minimum Gasteiger partial charge on any atom is -0.371 e. The lowest BCUT2D eigenvalue weighted by Crippen LogP contribution is -2.33. The Morgan fingerprint density at radius 2 is 1.96 bits per heavy atom. The van der Waals surface area contributed by atoms with E-state index in [1.54, 1.807) is 0 Å². The fourth-order valence-electron chi connectivity index (χ4n) is 3.08. The van der Waals surface area contributed by atoms with Gasteiger partial charge in [0.05, 0.1) is 18.2 Å². The summed E-state index contributed by atoms with van der Waals surface area (Å²) in [6.07, 6.45) is 0.985. The summed E-state index contributed by atoms with van der Waals surface area (Å²) in [7, 11) is 0. The Labute approximate surface area is 146 Å². The summed E-state index contributed by atoms with van der Waals surface area (Å²) in [5.41, 5.74) is 4.53. The second-order valence-corrected chi connectivity index (χ2v) is 6.56. The van der Waals surface area contributed by atoms with Gasteiger partial charge in [-0.1, -0.05) is 41.9 Å². The van der Waals surface area contributed by atoms with E-state index in [9.17, 15) is 0 Å². The molecule has 24 heavy (non-hydrogen) atoms. The van der Waals surface area contributed by atoms with Gasteiger partial charge in [0.2, 0.25) is 0 Å². The van der Waals surface area contributed by atoms with Gasteiger partial charge in [0.15, 0.2) is 0 Å². The number of hydrogen-bond donors (Lipinski definition) is 1. The van der Waals surface area contributed by atoms with Crippen molar-refractivity contribution in [2.45, 2.75) is 12.5 Å². The molecule has 3 nitrogen and oxygen atoms in total. The van der Waals surface area contributed by atoms with Gasteiger partial charge in [-0.2, -0.15) is 0 Å². The molecule has 1 aromatic heterocycles. The van der Waals surface area contributed by atoms with Crippen LogP contribution < -0.4 is 5.32 Å². The third-order valence-electron chi connectivity index (χ3n) is 4.37. The Balaban J connectivity index is 1.51. The van der Waals surface area contributed by atoms with E-state index in [2.05, 4.69) is 41.7 Å². The minimum atomic E-state index is 0.163. The molecule has 4 heteroatoms. The third kappa shape index (κ3) is 3.44. The lowest BCUT2D eigenvalue weighted by molar-refractivity contribution is 0.0277. The van der Waals surface area contributed by atoms with Crippen molar-refractivity contribution in [2.75, 3.05) is 19.7 Å². The van der Waals surface area contributed by atoms with Gasteiger partial charge < -0.3 is 10.1 Å². The van der Waals surface area contributed by atoms with Crippen molar-refractivity contribution in [3.63, 3.8) is 0 Å². The highest BCUT2D eigenvalue weighted by molar-refractivity contribution is 6.31. The number of nitrogens with one attached hydrogen (secondary N) is 1. The Morgan fingerprint density at radius 1 is 1.08 bits per heavy atom. The Bertz CT molecular complexity index is 842. The highest BCUT2D eigenvalue weighted by Gasteiger charge is 2.15. The standard InChI is InChI=1S/C20H19ClN2O/c21-17-6-8-19-16(12-17)5-7-18(23-19)11-14-1-3-15(4-2-14)20-13-22-9-10-24-20/h1-8,12,20,22H,9-11,13H2/t20-/m1/s1. The number of morpholine rings is 1. The van der Waals surface area contributed by atoms with Crippen molar-refractivity contribution in [3.8, 4) is 0 Å². The van der Waals surface area contributed by atoms with Crippen molar-refractivity contribution in [1.29, 1.82) is 0 Å². The van der Waals surface area contributed by atoms with E-state index < -0.39 is 0 Å². The van der Waals surface area contributed by atoms with Crippen LogP contribution in [0.4, 0.5) is 0 Å². The maximum Gasteiger partial charge on any atom is 0.0949 e. The zero-order valence-corrected chi connectivity index (χ0v) is 14.1. The number of hydrogen-bond acceptors (Lipinski definition) is 3. The third-order valence-corrected chi connectivity index (χ3v) is 4.61. The number of fused-ring (bicyclic) bond motifs is 1. The van der Waals surface area contributed by atoms with Gasteiger partial charge in [-0.3, -0.25) is 4.98 Å². The maximum atomic E-state index is 6.02. The molecule has 0 aliphatic carbocycles. The first-order valence-electron chi connectivity index (χ1n) is 8.24. The van der Waals surface area contributed by atoms with E-state index in [-0.39, 0.29) is 6.10 Å². The van der Waals surface area contributed by atoms with Crippen molar-refractivity contribution in [2.24, 2.45) is 0 Å². The van der Waals surface area contributed by atoms with Crippen LogP contribution >= 0.6 is 11.6 Å². The van der Waals surface area contributed by atoms with Gasteiger partial charge in [0, 0.05) is 35.6 Å². The summed E-state index contributed by atoms with van der Waals surface area (Å²) >= 11 is 6.02. The van der Waals surface area contributed by atoms with Crippen molar-refractivity contribution in [1.82, 2.24) is 10.3 Å². The molecule has 0 amide bonds. The first-order valence-corrected chi connectivity index (χ1v) is 8.62. The monoisotopic (exact) mass is 338 g/mol. The summed E-state index contributed by atoms with van der Waals surface area (Å²) < 4.78 is 5.79. The van der Waals surface area contributed by atoms with Crippen LogP contribution in [0.2, 0.25) is 5.02 Å². The highest BCUT2D eigenvalue weighted by atomic mass is 35.5. The predicted octanol–water partition coefficient (Wildman–Crippen LogP) is 4.14. The van der Waals surface area contributed by atoms with E-state index >= 15 is 0 Å². The molecular weight excluding hydrogens is 320 g/mol. The number of aromatic nitrogens is 1. The number of benzene rings is 2. The molecule has 2 aromatic carbocycles. The van der Waals surface area contributed by atoms with Crippen LogP contribution in [0.15, 0.2) is 54.6 Å². The van der Waals surface area contributed by atoms with Crippen molar-refractivity contribution in [3.05, 3.63) is 76.4 Å². The smallest absolute Gasteiger partial charge is 0.0949 e. The maximum absolute atomic E-state index is 6.02. The molecule has 1 N–H and O–H groups in total. The van der Waals surface area contributed by atoms with Crippen molar-refractivity contribution >= 4 is 22.5 Å². The van der Waals surface area contributed by atoms with Gasteiger partial charge in [-0.25, -0.2) is 0 Å². The molecular formula is C20H19ClN2O. The average molecular weight is 339 g/mol. The fraction of sp³-hybridized carbons (Fsp3) is 0.250. The molecule has 2 heterocycles. The summed E-state index contributed by atoms with van der Waals surface area (Å²) in [6.45, 7) is 2.60. The Morgan fingerprint density at radius 3 is 2.75 bits per heavy atom. The summed E-state index contributed by atoms with van der Waals surface area (Å²) in [4.78, 5) is 4.73. The van der Waals surface area contributed by atoms with Gasteiger partial charge in [0.25, 0.3) is 0 Å². The molecule has 0 unspecified atom stereocenters. The Kier molecular flexibility index (Phi) is 4.48. The lowest BCUT2D eigenvalue weighted by atomic mass is 10.0. The summed E-state index contributed by atoms with van der Waals surface area (Å²) in [6, 6.07) is 18.6. The minimum absolute atomic E-state index is 0.163. The van der Waals surface area contributed by atoms with E-state index in [4.69, 9.17) is 21.3 Å². The first kappa shape index (κ1) is 15.6. The lowest BCUT2D eigenvalue weighted by Gasteiger charge is -2.24. The molecule has 1 aliphatic rings. The number of halogens is 1. The molecule has 0 radical (unpaired) electrons. The quantitative estimate of drug-likeness (QED) is 0.779. The summed E-state index contributed by atoms with van der Waals surface area (Å²) in [5, 5.41) is 5.18. The largest absolute Gasteiger partial charge is 0.371 e. The molecule has 1 saturated heterocycles. The SMILES string of the molecule is Clc1ccc2nc(Cc3ccc([C@H]4CNCCO4)cc3)ccc2c1. The number of ether oxygens (including phenoxy) is 1. The Hall–Kier alpha value is -1.94. The highest BCUT2D eigenvalue weighted by Crippen LogP contribution is 2.21. The van der Waals surface area contributed by atoms with Gasteiger partial charge in [-0.15, -0.1) is 0 Å². The first-order chi connectivity index (χ1) is 11.8. The van der Waals surface area contributed by atoms with Crippen molar-refractivity contribution < 1.29 is 4.74 Å². The zero-order chi connectivity index (χ0) is 16.4. The molecule has 1 aliphatic heterocycles. The molecule has 1 atom stereocenters. The van der Waals surface area contributed by atoms with Gasteiger partial charge in [-0.05, 0) is 35.4 Å². The second-order valence-electron chi connectivity index (χ2n) is 6.12. The van der Waals surface area contributed by atoms with Crippen LogP contribution in [0.3, 0.4) is 0 Å². The van der Waals surface area contributed by atoms with Crippen LogP contribution in [0.1, 0.15) is 22.9 Å². The van der Waals surface area contributed by atoms with E-state index in [0.717, 1.165) is 47.7 Å². The second kappa shape index (κ2) is 6.89. The topological polar surface area (TPSA) is 34.2 Å². The van der Waals surface area contributed by atoms with Crippen LogP contribution in [0, 0.1) is 0 Å². The van der Waals surface area contributed by atoms with Crippen LogP contribution in [-0.2, 0) is 11.2 Å². The number of nitrogens with zero attached hydrogens (tertiary/aromatic N) is 1. The molecule has 3 aromatic rings. The number of pyridine rings is 1. The normalized spacial score (nSPS) is 18.0. The van der Waals surface area contributed by atoms with E-state index in [0.29, 0.717) is 0 Å². The molecule has 0 bridgehead atoms. The molecule has 122 valence electrons. The average Bonchev–Trinajstić information content (AvgIpc) is 2.63. The van der Waals surface area contributed by atoms with Gasteiger partial charge in [0.1, 0.15) is 0 Å². The molecule has 1 fully saturated rings. The van der Waals surface area contributed by atoms with Crippen LogP contribution in [-0.4, -0.2) is 24.7 Å². The van der Waals surface area contributed by atoms with Crippen LogP contribution in [0.5, 0.6) is 0 Å². The summed E-state index contributed by atoms with van der Waals surface area (Å²) in [5.74, 6) is 0. The predicted molar refractivity (Wildman–Crippen MR) is 97.6 cm³/mol. The molecule has 0 saturated carbocycles. The van der Waals surface area contributed by atoms with E-state index in [1.807, 2.05) is 18.2 Å². The fourth-order valence-corrected chi connectivity index (χ4v) is 3.26. The van der Waals surface area contributed by atoms with Gasteiger partial charge >= 0.3 is 0 Å². The zero-order valence-electron chi connectivity index (χ0n) is 13.3. The van der Waals surface area contributed by atoms with Crippen LogP contribution in [0.25, 0.3) is 10.9 Å².